The molecule has 0 unspecified atom stereocenters. The molecule has 0 bridgehead atoms. The summed E-state index contributed by atoms with van der Waals surface area (Å²) in [5.74, 6) is -1.20. The first kappa shape index (κ1) is 17.7. The topological polar surface area (TPSA) is 87.7 Å². The molecule has 8 heteroatoms. The fourth-order valence-corrected chi connectivity index (χ4v) is 2.30. The number of aromatic carboxylic acids is 1. The number of carboxylic acid groups (broad SMARTS) is 1. The number of thiocarbonyl (C=S) groups is 1. The Morgan fingerprint density at radius 3 is 2.62 bits per heavy atom. The van der Waals surface area contributed by atoms with Gasteiger partial charge in [-0.3, -0.25) is 10.1 Å². The molecule has 3 N–H and O–H groups in total. The summed E-state index contributed by atoms with van der Waals surface area (Å²) in [5, 5.41) is 14.6. The van der Waals surface area contributed by atoms with E-state index < -0.39 is 11.9 Å². The molecular formula is C16H13ClN2O4S. The second kappa shape index (κ2) is 7.76. The Labute approximate surface area is 148 Å². The summed E-state index contributed by atoms with van der Waals surface area (Å²) in [6.07, 6.45) is 0. The van der Waals surface area contributed by atoms with Crippen molar-refractivity contribution in [1.29, 1.82) is 0 Å². The Balaban J connectivity index is 2.10. The highest BCUT2D eigenvalue weighted by molar-refractivity contribution is 7.80. The molecule has 0 radical (unpaired) electrons. The number of benzene rings is 2. The molecule has 0 aliphatic heterocycles. The lowest BCUT2D eigenvalue weighted by Crippen LogP contribution is -2.34. The van der Waals surface area contributed by atoms with Crippen molar-refractivity contribution in [3.63, 3.8) is 0 Å². The van der Waals surface area contributed by atoms with Crippen molar-refractivity contribution >= 4 is 46.5 Å². The van der Waals surface area contributed by atoms with Gasteiger partial charge in [0.05, 0.1) is 18.2 Å². The van der Waals surface area contributed by atoms with Gasteiger partial charge in [0.25, 0.3) is 5.91 Å². The molecule has 2 rings (SSSR count). The highest BCUT2D eigenvalue weighted by Crippen LogP contribution is 2.22. The van der Waals surface area contributed by atoms with E-state index >= 15 is 0 Å². The highest BCUT2D eigenvalue weighted by Gasteiger charge is 2.14. The number of carbonyl (C=O) groups excluding carboxylic acids is 1. The van der Waals surface area contributed by atoms with Crippen molar-refractivity contribution in [2.24, 2.45) is 0 Å². The molecule has 0 aliphatic rings. The van der Waals surface area contributed by atoms with Crippen LogP contribution in [0.5, 0.6) is 5.75 Å². The fraction of sp³-hybridized carbons (Fsp3) is 0.0625. The van der Waals surface area contributed by atoms with Gasteiger partial charge in [-0.1, -0.05) is 17.7 Å². The van der Waals surface area contributed by atoms with Crippen LogP contribution >= 0.6 is 23.8 Å². The number of amides is 1. The summed E-state index contributed by atoms with van der Waals surface area (Å²) < 4.78 is 5.11. The molecule has 0 aromatic heterocycles. The predicted molar refractivity (Wildman–Crippen MR) is 95.1 cm³/mol. The fourth-order valence-electron chi connectivity index (χ4n) is 1.92. The van der Waals surface area contributed by atoms with Crippen LogP contribution in [0.3, 0.4) is 0 Å². The van der Waals surface area contributed by atoms with E-state index in [1.54, 1.807) is 24.3 Å². The number of nitrogens with one attached hydrogen (secondary N) is 2. The predicted octanol–water partition coefficient (Wildman–Crippen LogP) is 3.17. The van der Waals surface area contributed by atoms with Gasteiger partial charge in [0.15, 0.2) is 5.11 Å². The third-order valence-electron chi connectivity index (χ3n) is 3.00. The Morgan fingerprint density at radius 2 is 1.96 bits per heavy atom. The summed E-state index contributed by atoms with van der Waals surface area (Å²) in [6, 6.07) is 10.7. The lowest BCUT2D eigenvalue weighted by atomic mass is 10.2. The van der Waals surface area contributed by atoms with Crippen LogP contribution in [0, 0.1) is 0 Å². The second-order valence-electron chi connectivity index (χ2n) is 4.64. The zero-order chi connectivity index (χ0) is 17.7. The van der Waals surface area contributed by atoms with E-state index in [9.17, 15) is 9.59 Å². The molecule has 0 atom stereocenters. The number of methoxy groups -OCH3 is 1. The Kier molecular flexibility index (Phi) is 5.73. The van der Waals surface area contributed by atoms with Gasteiger partial charge in [0, 0.05) is 10.7 Å². The smallest absolute Gasteiger partial charge is 0.335 e. The minimum Gasteiger partial charge on any atom is -0.496 e. The summed E-state index contributed by atoms with van der Waals surface area (Å²) in [6.45, 7) is 0. The maximum atomic E-state index is 12.3. The normalized spacial score (nSPS) is 9.92. The van der Waals surface area contributed by atoms with Crippen molar-refractivity contribution in [2.45, 2.75) is 0 Å². The molecular weight excluding hydrogens is 352 g/mol. The molecule has 2 aromatic carbocycles. The van der Waals surface area contributed by atoms with Crippen molar-refractivity contribution in [3.05, 3.63) is 58.6 Å². The number of carboxylic acids is 1. The lowest BCUT2D eigenvalue weighted by molar-refractivity contribution is 0.0696. The molecule has 0 spiro atoms. The van der Waals surface area contributed by atoms with Crippen LogP contribution in [-0.2, 0) is 0 Å². The van der Waals surface area contributed by atoms with Crippen molar-refractivity contribution in [3.8, 4) is 5.75 Å². The van der Waals surface area contributed by atoms with Gasteiger partial charge in [-0.15, -0.1) is 0 Å². The third-order valence-corrected chi connectivity index (χ3v) is 3.44. The third kappa shape index (κ3) is 4.43. The van der Waals surface area contributed by atoms with E-state index in [0.29, 0.717) is 16.5 Å². The standard InChI is InChI=1S/C16H13ClN2O4S/c1-23-13-6-5-10(17)8-12(13)14(20)19-16(24)18-11-4-2-3-9(7-11)15(21)22/h2-8H,1H3,(H,21,22)(H2,18,19,20,24). The molecule has 24 heavy (non-hydrogen) atoms. The zero-order valence-electron chi connectivity index (χ0n) is 12.5. The molecule has 0 aliphatic carbocycles. The first-order valence-corrected chi connectivity index (χ1v) is 7.48. The minimum atomic E-state index is -1.06. The van der Waals surface area contributed by atoms with Crippen molar-refractivity contribution in [2.75, 3.05) is 12.4 Å². The lowest BCUT2D eigenvalue weighted by Gasteiger charge is -2.12. The van der Waals surface area contributed by atoms with Crippen LogP contribution in [0.2, 0.25) is 5.02 Å². The van der Waals surface area contributed by atoms with E-state index in [1.807, 2.05) is 0 Å². The maximum Gasteiger partial charge on any atom is 0.335 e. The Bertz CT molecular complexity index is 810. The average molecular weight is 365 g/mol. The average Bonchev–Trinajstić information content (AvgIpc) is 2.54. The number of halogens is 1. The number of anilines is 1. The monoisotopic (exact) mass is 364 g/mol. The van der Waals surface area contributed by atoms with Gasteiger partial charge in [0.2, 0.25) is 0 Å². The maximum absolute atomic E-state index is 12.3. The Hall–Kier alpha value is -2.64. The van der Waals surface area contributed by atoms with Gasteiger partial charge in [-0.05, 0) is 48.6 Å². The minimum absolute atomic E-state index is 0.0181. The van der Waals surface area contributed by atoms with E-state index in [2.05, 4.69) is 10.6 Å². The largest absolute Gasteiger partial charge is 0.496 e. The van der Waals surface area contributed by atoms with Gasteiger partial charge < -0.3 is 15.2 Å². The van der Waals surface area contributed by atoms with E-state index in [-0.39, 0.29) is 16.2 Å². The summed E-state index contributed by atoms with van der Waals surface area (Å²) in [4.78, 5) is 23.2. The summed E-state index contributed by atoms with van der Waals surface area (Å²) in [5.41, 5.74) is 0.775. The zero-order valence-corrected chi connectivity index (χ0v) is 14.1. The first-order valence-electron chi connectivity index (χ1n) is 6.70. The quantitative estimate of drug-likeness (QED) is 0.722. The van der Waals surface area contributed by atoms with Gasteiger partial charge >= 0.3 is 5.97 Å². The number of hydrogen-bond donors (Lipinski definition) is 3. The summed E-state index contributed by atoms with van der Waals surface area (Å²) >= 11 is 11.0. The summed E-state index contributed by atoms with van der Waals surface area (Å²) in [7, 11) is 1.44. The van der Waals surface area contributed by atoms with Crippen molar-refractivity contribution < 1.29 is 19.4 Å². The molecule has 2 aromatic rings. The van der Waals surface area contributed by atoms with Crippen LogP contribution in [0.1, 0.15) is 20.7 Å². The van der Waals surface area contributed by atoms with Crippen molar-refractivity contribution in [1.82, 2.24) is 5.32 Å². The number of ether oxygens (including phenoxy) is 1. The van der Waals surface area contributed by atoms with Crippen LogP contribution < -0.4 is 15.4 Å². The van der Waals surface area contributed by atoms with E-state index in [1.165, 1.54) is 25.3 Å². The molecule has 124 valence electrons. The highest BCUT2D eigenvalue weighted by atomic mass is 35.5. The molecule has 0 saturated carbocycles. The van der Waals surface area contributed by atoms with Crippen LogP contribution in [0.25, 0.3) is 0 Å². The molecule has 1 amide bonds. The van der Waals surface area contributed by atoms with Crippen LogP contribution in [-0.4, -0.2) is 29.2 Å². The second-order valence-corrected chi connectivity index (χ2v) is 5.48. The van der Waals surface area contributed by atoms with Gasteiger partial charge in [-0.25, -0.2) is 4.79 Å². The van der Waals surface area contributed by atoms with E-state index in [0.717, 1.165) is 0 Å². The first-order chi connectivity index (χ1) is 11.4. The molecule has 0 saturated heterocycles. The number of rotatable bonds is 4. The van der Waals surface area contributed by atoms with E-state index in [4.69, 9.17) is 33.7 Å². The molecule has 0 heterocycles. The van der Waals surface area contributed by atoms with Gasteiger partial charge in [-0.2, -0.15) is 0 Å². The molecule has 0 fully saturated rings. The number of hydrogen-bond acceptors (Lipinski definition) is 4. The SMILES string of the molecule is COc1ccc(Cl)cc1C(=O)NC(=S)Nc1cccc(C(=O)O)c1. The molecule has 6 nitrogen and oxygen atoms in total. The van der Waals surface area contributed by atoms with Crippen LogP contribution in [0.15, 0.2) is 42.5 Å². The number of carbonyl (C=O) groups is 2. The van der Waals surface area contributed by atoms with Gasteiger partial charge in [0.1, 0.15) is 5.75 Å². The Morgan fingerprint density at radius 1 is 1.21 bits per heavy atom. The van der Waals surface area contributed by atoms with Crippen LogP contribution in [0.4, 0.5) is 5.69 Å².